The van der Waals surface area contributed by atoms with Gasteiger partial charge in [-0.25, -0.2) is 0 Å². The molecule has 0 aliphatic carbocycles. The summed E-state index contributed by atoms with van der Waals surface area (Å²) in [7, 11) is 3.40. The topological polar surface area (TPSA) is 40.2 Å². The Morgan fingerprint density at radius 3 is 1.82 bits per heavy atom. The SMILES string of the molecule is COc1cc2c(cc1OC)C1Cc3cc(OCc4ccccc4)c(OCc4ccccc4)cc3CN1CC2. The van der Waals surface area contributed by atoms with E-state index in [1.807, 2.05) is 36.4 Å². The molecule has 0 N–H and O–H groups in total. The molecule has 38 heavy (non-hydrogen) atoms. The average molecular weight is 508 g/mol. The van der Waals surface area contributed by atoms with Gasteiger partial charge in [0, 0.05) is 19.1 Å². The van der Waals surface area contributed by atoms with Crippen LogP contribution in [0.2, 0.25) is 0 Å². The fourth-order valence-corrected chi connectivity index (χ4v) is 5.61. The first-order chi connectivity index (χ1) is 18.7. The Balaban J connectivity index is 1.31. The van der Waals surface area contributed by atoms with Crippen molar-refractivity contribution in [3.8, 4) is 23.0 Å². The molecular formula is C33H33NO4. The summed E-state index contributed by atoms with van der Waals surface area (Å²) in [6, 6.07) is 29.5. The standard InChI is InChI=1S/C33H33NO4/c1-35-30-16-25-13-14-34-20-27-18-33(38-22-24-11-7-4-8-12-24)32(37-21-23-9-5-3-6-10-23)17-26(27)15-29(34)28(25)19-31(30)36-2/h3-12,16-19,29H,13-15,20-22H2,1-2H3. The van der Waals surface area contributed by atoms with Crippen molar-refractivity contribution in [2.24, 2.45) is 0 Å². The lowest BCUT2D eigenvalue weighted by atomic mass is 9.83. The minimum absolute atomic E-state index is 0.295. The molecular weight excluding hydrogens is 474 g/mol. The molecule has 0 amide bonds. The Hall–Kier alpha value is -3.96. The smallest absolute Gasteiger partial charge is 0.162 e. The Morgan fingerprint density at radius 2 is 1.21 bits per heavy atom. The quantitative estimate of drug-likeness (QED) is 0.272. The number of nitrogens with zero attached hydrogens (tertiary/aromatic N) is 1. The maximum Gasteiger partial charge on any atom is 0.162 e. The molecule has 1 unspecified atom stereocenters. The molecule has 0 aromatic heterocycles. The van der Waals surface area contributed by atoms with E-state index in [9.17, 15) is 0 Å². The van der Waals surface area contributed by atoms with Crippen LogP contribution in [-0.2, 0) is 32.6 Å². The van der Waals surface area contributed by atoms with Crippen molar-refractivity contribution in [1.29, 1.82) is 0 Å². The van der Waals surface area contributed by atoms with Crippen LogP contribution in [-0.4, -0.2) is 25.7 Å². The largest absolute Gasteiger partial charge is 0.493 e. The van der Waals surface area contributed by atoms with Crippen LogP contribution in [0.5, 0.6) is 23.0 Å². The van der Waals surface area contributed by atoms with E-state index >= 15 is 0 Å². The highest BCUT2D eigenvalue weighted by Crippen LogP contribution is 2.44. The van der Waals surface area contributed by atoms with Gasteiger partial charge in [-0.15, -0.1) is 0 Å². The molecule has 0 saturated carbocycles. The van der Waals surface area contributed by atoms with E-state index < -0.39 is 0 Å². The minimum Gasteiger partial charge on any atom is -0.493 e. The van der Waals surface area contributed by atoms with Gasteiger partial charge in [-0.3, -0.25) is 4.90 Å². The van der Waals surface area contributed by atoms with Crippen LogP contribution >= 0.6 is 0 Å². The Kier molecular flexibility index (Phi) is 6.93. The summed E-state index contributed by atoms with van der Waals surface area (Å²) in [5.41, 5.74) is 7.56. The normalized spacial score (nSPS) is 16.1. The second kappa shape index (κ2) is 10.8. The van der Waals surface area contributed by atoms with Gasteiger partial charge in [0.25, 0.3) is 0 Å². The van der Waals surface area contributed by atoms with Gasteiger partial charge in [0.2, 0.25) is 0 Å². The van der Waals surface area contributed by atoms with Gasteiger partial charge in [0.15, 0.2) is 23.0 Å². The Morgan fingerprint density at radius 1 is 0.658 bits per heavy atom. The maximum absolute atomic E-state index is 6.37. The lowest BCUT2D eigenvalue weighted by molar-refractivity contribution is 0.159. The van der Waals surface area contributed by atoms with Crippen LogP contribution in [0, 0.1) is 0 Å². The van der Waals surface area contributed by atoms with Crippen molar-refractivity contribution in [2.45, 2.75) is 38.6 Å². The molecule has 0 bridgehead atoms. The fourth-order valence-electron chi connectivity index (χ4n) is 5.61. The third kappa shape index (κ3) is 4.94. The zero-order valence-corrected chi connectivity index (χ0v) is 22.0. The molecule has 0 saturated heterocycles. The molecule has 0 spiro atoms. The molecule has 0 fully saturated rings. The molecule has 5 heteroatoms. The van der Waals surface area contributed by atoms with E-state index in [0.29, 0.717) is 19.3 Å². The van der Waals surface area contributed by atoms with Crippen LogP contribution in [0.1, 0.15) is 39.4 Å². The summed E-state index contributed by atoms with van der Waals surface area (Å²) in [5, 5.41) is 0. The van der Waals surface area contributed by atoms with Crippen molar-refractivity contribution in [3.63, 3.8) is 0 Å². The number of fused-ring (bicyclic) bond motifs is 4. The van der Waals surface area contributed by atoms with Gasteiger partial charge < -0.3 is 18.9 Å². The van der Waals surface area contributed by atoms with E-state index in [0.717, 1.165) is 60.1 Å². The summed E-state index contributed by atoms with van der Waals surface area (Å²) in [4.78, 5) is 2.57. The van der Waals surface area contributed by atoms with Gasteiger partial charge in [0.05, 0.1) is 14.2 Å². The summed E-state index contributed by atoms with van der Waals surface area (Å²) in [6.07, 6.45) is 1.91. The van der Waals surface area contributed by atoms with Gasteiger partial charge in [-0.2, -0.15) is 0 Å². The van der Waals surface area contributed by atoms with E-state index in [1.54, 1.807) is 14.2 Å². The molecule has 2 aliphatic heterocycles. The van der Waals surface area contributed by atoms with Crippen LogP contribution < -0.4 is 18.9 Å². The molecule has 0 radical (unpaired) electrons. The van der Waals surface area contributed by atoms with Gasteiger partial charge >= 0.3 is 0 Å². The van der Waals surface area contributed by atoms with Crippen molar-refractivity contribution < 1.29 is 18.9 Å². The lowest BCUT2D eigenvalue weighted by Crippen LogP contribution is -2.39. The first kappa shape index (κ1) is 24.4. The lowest BCUT2D eigenvalue weighted by Gasteiger charge is -2.42. The highest BCUT2D eigenvalue weighted by atomic mass is 16.5. The van der Waals surface area contributed by atoms with Gasteiger partial charge in [-0.1, -0.05) is 60.7 Å². The van der Waals surface area contributed by atoms with Crippen LogP contribution in [0.25, 0.3) is 0 Å². The number of rotatable bonds is 8. The second-order valence-electron chi connectivity index (χ2n) is 9.96. The van der Waals surface area contributed by atoms with E-state index in [-0.39, 0.29) is 0 Å². The minimum atomic E-state index is 0.295. The van der Waals surface area contributed by atoms with E-state index in [4.69, 9.17) is 18.9 Å². The predicted molar refractivity (Wildman–Crippen MR) is 148 cm³/mol. The number of ether oxygens (including phenoxy) is 4. The summed E-state index contributed by atoms with van der Waals surface area (Å²) in [6.45, 7) is 2.90. The monoisotopic (exact) mass is 507 g/mol. The molecule has 2 heterocycles. The molecule has 2 aliphatic rings. The molecule has 1 atom stereocenters. The molecule has 6 rings (SSSR count). The zero-order chi connectivity index (χ0) is 25.9. The molecule has 194 valence electrons. The summed E-state index contributed by atoms with van der Waals surface area (Å²) < 4.78 is 23.9. The first-order valence-electron chi connectivity index (χ1n) is 13.2. The fraction of sp³-hybridized carbons (Fsp3) is 0.273. The molecule has 4 aromatic rings. The van der Waals surface area contributed by atoms with Crippen molar-refractivity contribution in [3.05, 3.63) is 118 Å². The van der Waals surface area contributed by atoms with Crippen molar-refractivity contribution >= 4 is 0 Å². The third-order valence-corrected chi connectivity index (χ3v) is 7.64. The number of hydrogen-bond acceptors (Lipinski definition) is 5. The summed E-state index contributed by atoms with van der Waals surface area (Å²) >= 11 is 0. The first-order valence-corrected chi connectivity index (χ1v) is 13.2. The molecule has 4 aromatic carbocycles. The highest BCUT2D eigenvalue weighted by Gasteiger charge is 2.34. The van der Waals surface area contributed by atoms with Crippen molar-refractivity contribution in [1.82, 2.24) is 4.90 Å². The number of benzene rings is 4. The van der Waals surface area contributed by atoms with Gasteiger partial charge in [0.1, 0.15) is 13.2 Å². The average Bonchev–Trinajstić information content (AvgIpc) is 2.98. The number of hydrogen-bond donors (Lipinski definition) is 0. The van der Waals surface area contributed by atoms with Crippen LogP contribution in [0.4, 0.5) is 0 Å². The maximum atomic E-state index is 6.37. The summed E-state index contributed by atoms with van der Waals surface area (Å²) in [5.74, 6) is 3.18. The Labute approximate surface area is 224 Å². The number of methoxy groups -OCH3 is 2. The van der Waals surface area contributed by atoms with E-state index in [1.165, 1.54) is 22.3 Å². The Bertz CT molecular complexity index is 1400. The molecule has 5 nitrogen and oxygen atoms in total. The predicted octanol–water partition coefficient (Wildman–Crippen LogP) is 6.52. The van der Waals surface area contributed by atoms with Crippen LogP contribution in [0.15, 0.2) is 84.9 Å². The van der Waals surface area contributed by atoms with Crippen LogP contribution in [0.3, 0.4) is 0 Å². The highest BCUT2D eigenvalue weighted by molar-refractivity contribution is 5.53. The second-order valence-corrected chi connectivity index (χ2v) is 9.96. The zero-order valence-electron chi connectivity index (χ0n) is 22.0. The van der Waals surface area contributed by atoms with Crippen molar-refractivity contribution in [2.75, 3.05) is 20.8 Å². The van der Waals surface area contributed by atoms with Gasteiger partial charge in [-0.05, 0) is 70.5 Å². The third-order valence-electron chi connectivity index (χ3n) is 7.64. The van der Waals surface area contributed by atoms with E-state index in [2.05, 4.69) is 53.4 Å².